The Morgan fingerprint density at radius 2 is 1.49 bits per heavy atom. The number of imidazole rings is 2. The van der Waals surface area contributed by atoms with E-state index in [1.54, 1.807) is 13.1 Å². The third-order valence-corrected chi connectivity index (χ3v) is 13.7. The first-order chi connectivity index (χ1) is 30.1. The van der Waals surface area contributed by atoms with Gasteiger partial charge in [-0.2, -0.15) is 0 Å². The average molecular weight is 957 g/mol. The Labute approximate surface area is 363 Å². The second-order valence-electron chi connectivity index (χ2n) is 14.9. The fourth-order valence-corrected chi connectivity index (χ4v) is 10.4. The molecule has 0 spiro atoms. The Balaban J connectivity index is 0.854. The van der Waals surface area contributed by atoms with Crippen molar-refractivity contribution < 1.29 is 60.5 Å². The number of aromatic nitrogens is 11. The van der Waals surface area contributed by atoms with Gasteiger partial charge < -0.3 is 39.4 Å². The van der Waals surface area contributed by atoms with Gasteiger partial charge in [0.1, 0.15) is 48.3 Å². The zero-order valence-electron chi connectivity index (χ0n) is 32.5. The van der Waals surface area contributed by atoms with Crippen molar-refractivity contribution in [3.05, 3.63) is 37.2 Å². The molecule has 0 aliphatic carbocycles. The molecule has 4 aliphatic rings. The van der Waals surface area contributed by atoms with Crippen LogP contribution in [0.1, 0.15) is 44.3 Å². The minimum absolute atomic E-state index is 0.0101. The number of aryl methyl sites for hydroxylation is 1. The Bertz CT molecular complexity index is 2700. The van der Waals surface area contributed by atoms with Crippen LogP contribution in [0.4, 0.5) is 20.4 Å². The van der Waals surface area contributed by atoms with Crippen molar-refractivity contribution in [3.63, 3.8) is 0 Å². The Morgan fingerprint density at radius 3 is 2.10 bits per heavy atom. The normalized spacial score (nSPS) is 32.8. The van der Waals surface area contributed by atoms with E-state index >= 15 is 8.78 Å². The first-order valence-electron chi connectivity index (χ1n) is 19.1. The van der Waals surface area contributed by atoms with Gasteiger partial charge in [-0.15, -0.1) is 5.10 Å². The van der Waals surface area contributed by atoms with Crippen LogP contribution < -0.4 is 11.1 Å². The number of fused-ring (bicyclic) bond motifs is 4. The van der Waals surface area contributed by atoms with Crippen LogP contribution in [0, 0.1) is 5.92 Å². The van der Waals surface area contributed by atoms with Crippen molar-refractivity contribution in [1.29, 1.82) is 0 Å². The number of carbonyl (C=O) groups excluding carboxylic acids is 3. The largest absolute Gasteiger partial charge is 0.382 e. The first kappa shape index (κ1) is 43.7. The molecule has 0 radical (unpaired) electrons. The van der Waals surface area contributed by atoms with Gasteiger partial charge in [0.05, 0.1) is 38.6 Å². The van der Waals surface area contributed by atoms with E-state index in [2.05, 4.69) is 45.5 Å². The van der Waals surface area contributed by atoms with E-state index in [4.69, 9.17) is 56.9 Å². The van der Waals surface area contributed by atoms with Crippen LogP contribution in [-0.2, 0) is 78.7 Å². The summed E-state index contributed by atoms with van der Waals surface area (Å²) in [4.78, 5) is 85.5. The summed E-state index contributed by atoms with van der Waals surface area (Å²) in [5.41, 5.74) is 6.72. The van der Waals surface area contributed by atoms with Gasteiger partial charge in [0, 0.05) is 25.3 Å². The molecule has 0 aromatic carbocycles. The number of amides is 3. The van der Waals surface area contributed by atoms with E-state index in [0.29, 0.717) is 18.7 Å². The van der Waals surface area contributed by atoms with Gasteiger partial charge in [-0.1, -0.05) is 12.1 Å². The molecule has 4 saturated heterocycles. The number of ether oxygens (including phenoxy) is 2. The lowest BCUT2D eigenvalue weighted by Crippen LogP contribution is -2.37. The number of anilines is 2. The summed E-state index contributed by atoms with van der Waals surface area (Å²) in [5.74, 6) is -1.30. The third-order valence-electron chi connectivity index (χ3n) is 10.6. The summed E-state index contributed by atoms with van der Waals surface area (Å²) in [6.07, 6.45) is -6.48. The number of imide groups is 1. The van der Waals surface area contributed by atoms with E-state index in [0.717, 1.165) is 17.6 Å². The second kappa shape index (κ2) is 17.1. The Hall–Kier alpha value is -4.51. The molecule has 0 saturated carbocycles. The lowest BCUT2D eigenvalue weighted by molar-refractivity contribution is -0.140. The molecule has 11 atom stereocenters. The molecule has 3 unspecified atom stereocenters. The molecule has 5 N–H and O–H groups in total. The minimum Gasteiger partial charge on any atom is -0.382 e. The molecule has 63 heavy (non-hydrogen) atoms. The highest BCUT2D eigenvalue weighted by atomic mass is 32.5. The standard InChI is InChI=1S/C32H36F2N14O11P2S2/c1-14-5-19(50)46(30(14)51)7-15-6-45(44-43-15)4-2-3-18(49)42-27-23-29(39-11-37-27)48(13-41-23)32-21(34)25-17(57-32)9-55-60(52,62)58-24-16(8-54-61(53,63)59-25)56-31(20(24)33)47-12-40-22-26(35)36-10-38-28(22)47/h6,10-14,16-17,20-21,24-25,31-32H,2-5,7-9H2,1H3,(H,52,62)(H,53,63)(H2,35,36,38)(H,37,39,42,49)/t14?,16-,17-,20-,21-,24-,25-,31-,32-,60?,61?/m1/s1. The maximum absolute atomic E-state index is 16.5. The molecule has 5 aromatic rings. The number of nitrogen functional groups attached to an aromatic ring is 1. The second-order valence-corrected chi connectivity index (χ2v) is 20.4. The van der Waals surface area contributed by atoms with Crippen LogP contribution in [0.25, 0.3) is 22.3 Å². The number of carbonyl (C=O) groups is 3. The molecule has 3 amide bonds. The van der Waals surface area contributed by atoms with Crippen LogP contribution in [0.2, 0.25) is 0 Å². The van der Waals surface area contributed by atoms with Crippen molar-refractivity contribution in [2.24, 2.45) is 5.92 Å². The smallest absolute Gasteiger partial charge is 0.325 e. The molecule has 25 nitrogen and oxygen atoms in total. The molecule has 0 bridgehead atoms. The zero-order valence-corrected chi connectivity index (χ0v) is 35.9. The predicted molar refractivity (Wildman–Crippen MR) is 215 cm³/mol. The topological polar surface area (TPSA) is 306 Å². The van der Waals surface area contributed by atoms with Crippen molar-refractivity contribution in [3.8, 4) is 0 Å². The number of nitrogens with one attached hydrogen (secondary N) is 1. The van der Waals surface area contributed by atoms with Crippen LogP contribution in [-0.4, -0.2) is 136 Å². The van der Waals surface area contributed by atoms with Crippen LogP contribution in [0.5, 0.6) is 0 Å². The molecule has 9 heterocycles. The summed E-state index contributed by atoms with van der Waals surface area (Å²) < 4.78 is 71.0. The summed E-state index contributed by atoms with van der Waals surface area (Å²) in [7, 11) is 0. The van der Waals surface area contributed by atoms with Crippen molar-refractivity contribution in [2.45, 2.75) is 88.5 Å². The molecular weight excluding hydrogens is 921 g/mol. The minimum atomic E-state index is -4.36. The summed E-state index contributed by atoms with van der Waals surface area (Å²) in [6, 6.07) is 0. The molecule has 9 rings (SSSR count). The molecular formula is C32H36F2N14O11P2S2. The number of nitrogens with two attached hydrogens (primary N) is 1. The molecule has 31 heteroatoms. The number of nitrogens with zero attached hydrogens (tertiary/aromatic N) is 12. The number of hydrogen-bond donors (Lipinski definition) is 4. The first-order valence-corrected chi connectivity index (χ1v) is 24.3. The number of rotatable bonds is 9. The summed E-state index contributed by atoms with van der Waals surface area (Å²) in [5, 5.41) is 10.7. The van der Waals surface area contributed by atoms with Crippen LogP contribution in [0.15, 0.2) is 31.5 Å². The molecule has 4 aliphatic heterocycles. The number of alkyl halides is 2. The van der Waals surface area contributed by atoms with Gasteiger partial charge >= 0.3 is 13.4 Å². The van der Waals surface area contributed by atoms with Gasteiger partial charge in [0.15, 0.2) is 53.2 Å². The van der Waals surface area contributed by atoms with E-state index < -0.39 is 81.8 Å². The Kier molecular flexibility index (Phi) is 11.9. The lowest BCUT2D eigenvalue weighted by Gasteiger charge is -2.29. The van der Waals surface area contributed by atoms with E-state index in [-0.39, 0.29) is 71.1 Å². The maximum Gasteiger partial charge on any atom is 0.325 e. The van der Waals surface area contributed by atoms with E-state index in [1.807, 2.05) is 0 Å². The monoisotopic (exact) mass is 956 g/mol. The van der Waals surface area contributed by atoms with Gasteiger partial charge in [0.2, 0.25) is 17.7 Å². The highest BCUT2D eigenvalue weighted by Gasteiger charge is 2.54. The van der Waals surface area contributed by atoms with Crippen molar-refractivity contribution in [2.75, 3.05) is 24.3 Å². The molecule has 5 aromatic heterocycles. The zero-order chi connectivity index (χ0) is 44.4. The fraction of sp³-hybridized carbons (Fsp3) is 0.531. The summed E-state index contributed by atoms with van der Waals surface area (Å²) in [6.45, 7) is -8.04. The van der Waals surface area contributed by atoms with Gasteiger partial charge in [0.25, 0.3) is 0 Å². The molecule has 4 fully saturated rings. The molecule has 336 valence electrons. The highest BCUT2D eigenvalue weighted by molar-refractivity contribution is 8.07. The fourth-order valence-electron chi connectivity index (χ4n) is 7.54. The van der Waals surface area contributed by atoms with Crippen LogP contribution in [0.3, 0.4) is 0 Å². The number of hydrogen-bond acceptors (Lipinski definition) is 20. The quantitative estimate of drug-likeness (QED) is 0.118. The third kappa shape index (κ3) is 8.72. The van der Waals surface area contributed by atoms with E-state index in [9.17, 15) is 24.2 Å². The van der Waals surface area contributed by atoms with Crippen molar-refractivity contribution in [1.82, 2.24) is 58.9 Å². The van der Waals surface area contributed by atoms with Crippen molar-refractivity contribution >= 4 is 88.7 Å². The summed E-state index contributed by atoms with van der Waals surface area (Å²) >= 11 is 10.5. The van der Waals surface area contributed by atoms with Gasteiger partial charge in [-0.05, 0) is 30.0 Å². The van der Waals surface area contributed by atoms with E-state index in [1.165, 1.54) is 26.5 Å². The lowest BCUT2D eigenvalue weighted by atomic mass is 10.1. The average Bonchev–Trinajstić information content (AvgIpc) is 4.10. The van der Waals surface area contributed by atoms with Crippen LogP contribution >= 0.6 is 13.4 Å². The maximum atomic E-state index is 16.5. The van der Waals surface area contributed by atoms with Gasteiger partial charge in [-0.25, -0.2) is 38.7 Å². The number of likely N-dealkylation sites (tertiary alicyclic amines) is 1. The number of halogens is 2. The highest BCUT2D eigenvalue weighted by Crippen LogP contribution is 2.54. The van der Waals surface area contributed by atoms with Gasteiger partial charge in [-0.3, -0.25) is 42.1 Å². The predicted octanol–water partition coefficient (Wildman–Crippen LogP) is 0.876. The SMILES string of the molecule is CC1CC(=O)N(Cc2cn(CCCC(=O)Nc3ncnc4c3ncn4[C@@H]3O[C@@H]4COP(O)(=S)O[C@H]5[C@@H](F)[C@H](n6cnc7c(N)ncnc76)O[C@@H]5COP(O)(=S)O[C@H]4[C@H]3F)nn2)C1=O. The Morgan fingerprint density at radius 1 is 0.905 bits per heavy atom.